The summed E-state index contributed by atoms with van der Waals surface area (Å²) >= 11 is 0. The van der Waals surface area contributed by atoms with Crippen LogP contribution in [0.15, 0.2) is 60.8 Å². The molecule has 1 spiro atoms. The quantitative estimate of drug-likeness (QED) is 0.253. The Morgan fingerprint density at radius 2 is 1.85 bits per heavy atom. The van der Waals surface area contributed by atoms with Crippen LogP contribution in [0, 0.1) is 19.3 Å². The molecule has 0 amide bonds. The summed E-state index contributed by atoms with van der Waals surface area (Å²) in [7, 11) is 1.54. The highest BCUT2D eigenvalue weighted by molar-refractivity contribution is 5.74. The van der Waals surface area contributed by atoms with Crippen LogP contribution < -0.4 is 19.7 Å². The molecule has 4 aromatic rings. The molecular weight excluding hydrogens is 601 g/mol. The highest BCUT2D eigenvalue weighted by atomic mass is 19.4. The predicted octanol–water partition coefficient (Wildman–Crippen LogP) is 5.67. The third-order valence-corrected chi connectivity index (χ3v) is 8.84. The number of piperidine rings is 1. The number of hydrogen-bond donors (Lipinski definition) is 2. The van der Waals surface area contributed by atoms with Crippen LogP contribution in [0.5, 0.6) is 11.6 Å². The summed E-state index contributed by atoms with van der Waals surface area (Å²) in [6.45, 7) is 5.16. The zero-order valence-electron chi connectivity index (χ0n) is 25.7. The fourth-order valence-corrected chi connectivity index (χ4v) is 6.42. The van der Waals surface area contributed by atoms with E-state index < -0.39 is 24.3 Å². The van der Waals surface area contributed by atoms with Gasteiger partial charge in [0.05, 0.1) is 18.5 Å². The van der Waals surface area contributed by atoms with E-state index in [4.69, 9.17) is 9.47 Å². The number of aryl methyl sites for hydroxylation is 2. The lowest BCUT2D eigenvalue weighted by Crippen LogP contribution is -2.41. The van der Waals surface area contributed by atoms with Crippen LogP contribution in [-0.2, 0) is 4.79 Å². The van der Waals surface area contributed by atoms with E-state index in [0.717, 1.165) is 18.4 Å². The van der Waals surface area contributed by atoms with Crippen LogP contribution in [0.25, 0.3) is 16.8 Å². The Morgan fingerprint density at radius 3 is 2.50 bits per heavy atom. The fourth-order valence-electron chi connectivity index (χ4n) is 6.42. The molecule has 2 aromatic heterocycles. The highest BCUT2D eigenvalue weighted by Crippen LogP contribution is 2.43. The van der Waals surface area contributed by atoms with Crippen molar-refractivity contribution in [2.24, 2.45) is 5.41 Å². The van der Waals surface area contributed by atoms with Gasteiger partial charge in [0.15, 0.2) is 0 Å². The molecule has 0 aliphatic carbocycles. The Hall–Kier alpha value is -4.65. The molecule has 2 atom stereocenters. The van der Waals surface area contributed by atoms with Gasteiger partial charge in [-0.05, 0) is 62.3 Å². The number of aromatic nitrogens is 4. The van der Waals surface area contributed by atoms with E-state index in [-0.39, 0.29) is 28.4 Å². The number of rotatable bonds is 8. The molecule has 242 valence electrons. The minimum Gasteiger partial charge on any atom is -0.496 e. The van der Waals surface area contributed by atoms with Crippen LogP contribution in [0.1, 0.15) is 42.4 Å². The Kier molecular flexibility index (Phi) is 8.36. The molecule has 2 aromatic carbocycles. The van der Waals surface area contributed by atoms with Crippen LogP contribution in [-0.4, -0.2) is 69.8 Å². The number of nitrogens with one attached hydrogen (secondary N) is 1. The van der Waals surface area contributed by atoms with Crippen LogP contribution in [0.2, 0.25) is 0 Å². The number of methoxy groups -OCH3 is 1. The summed E-state index contributed by atoms with van der Waals surface area (Å²) in [5.74, 6) is 0.270. The minimum absolute atomic E-state index is 0.125. The Morgan fingerprint density at radius 1 is 1.09 bits per heavy atom. The monoisotopic (exact) mass is 636 g/mol. The van der Waals surface area contributed by atoms with Crippen molar-refractivity contribution < 1.29 is 32.5 Å². The lowest BCUT2D eigenvalue weighted by molar-refractivity contribution is -0.198. The summed E-state index contributed by atoms with van der Waals surface area (Å²) in [4.78, 5) is 22.2. The van der Waals surface area contributed by atoms with Crippen LogP contribution in [0.3, 0.4) is 0 Å². The van der Waals surface area contributed by atoms with E-state index in [1.807, 2.05) is 23.1 Å². The first-order valence-electron chi connectivity index (χ1n) is 15.0. The predicted molar refractivity (Wildman–Crippen MR) is 164 cm³/mol. The van der Waals surface area contributed by atoms with Crippen molar-refractivity contribution in [2.45, 2.75) is 51.4 Å². The normalized spacial score (nSPS) is 18.5. The number of anilines is 1. The molecule has 2 saturated heterocycles. The van der Waals surface area contributed by atoms with E-state index in [1.165, 1.54) is 16.8 Å². The number of nitrogens with zero attached hydrogens (tertiary/aromatic N) is 5. The maximum Gasteiger partial charge on any atom is 0.429 e. The Bertz CT molecular complexity index is 1730. The summed E-state index contributed by atoms with van der Waals surface area (Å²) in [6, 6.07) is 14.5. The molecule has 2 aliphatic rings. The van der Waals surface area contributed by atoms with Gasteiger partial charge in [-0.25, -0.2) is 9.67 Å². The van der Waals surface area contributed by atoms with Crippen LogP contribution >= 0.6 is 0 Å². The first-order chi connectivity index (χ1) is 21.9. The van der Waals surface area contributed by atoms with Gasteiger partial charge in [-0.15, -0.1) is 0 Å². The van der Waals surface area contributed by atoms with Crippen LogP contribution in [0.4, 0.5) is 19.0 Å². The molecule has 4 heterocycles. The second-order valence-corrected chi connectivity index (χ2v) is 12.0. The zero-order valence-corrected chi connectivity index (χ0v) is 25.7. The van der Waals surface area contributed by atoms with Gasteiger partial charge in [-0.1, -0.05) is 30.3 Å². The van der Waals surface area contributed by atoms with Crippen molar-refractivity contribution in [3.05, 3.63) is 77.9 Å². The summed E-state index contributed by atoms with van der Waals surface area (Å²) in [5, 5.41) is 16.9. The number of ether oxygens (including phenoxy) is 2. The molecule has 0 saturated carbocycles. The number of aliphatic carboxylic acids is 1. The summed E-state index contributed by atoms with van der Waals surface area (Å²) in [6.07, 6.45) is -3.52. The highest BCUT2D eigenvalue weighted by Gasteiger charge is 2.46. The molecule has 2 N–H and O–H groups in total. The maximum atomic E-state index is 14.9. The number of benzene rings is 2. The van der Waals surface area contributed by atoms with E-state index in [0.29, 0.717) is 48.9 Å². The van der Waals surface area contributed by atoms with Gasteiger partial charge in [0, 0.05) is 43.0 Å². The lowest BCUT2D eigenvalue weighted by Gasteiger charge is -2.39. The van der Waals surface area contributed by atoms with Gasteiger partial charge in [0.25, 0.3) is 0 Å². The van der Waals surface area contributed by atoms with Crippen molar-refractivity contribution in [3.8, 4) is 28.4 Å². The molecule has 6 rings (SSSR count). The number of carboxylic acids is 1. The van der Waals surface area contributed by atoms with Crippen molar-refractivity contribution in [2.75, 3.05) is 31.6 Å². The number of hydrogen-bond acceptors (Lipinski definition) is 8. The first-order valence-corrected chi connectivity index (χ1v) is 15.0. The molecule has 2 fully saturated rings. The molecule has 0 radical (unpaired) electrons. The smallest absolute Gasteiger partial charge is 0.429 e. The molecule has 10 nitrogen and oxygen atoms in total. The SMILES string of the molecule is COc1ccccc1-c1ccc([C@@H](Oc2cc(N3CCC4(CC3)CN[C@H](C(=O)O)C4)nc(C)n2)C(F)(F)F)c(-n2ccc(C)n2)c1. The second kappa shape index (κ2) is 12.3. The summed E-state index contributed by atoms with van der Waals surface area (Å²) < 4.78 is 57.3. The lowest BCUT2D eigenvalue weighted by atomic mass is 9.76. The van der Waals surface area contributed by atoms with Gasteiger partial charge in [-0.2, -0.15) is 23.3 Å². The third-order valence-electron chi connectivity index (χ3n) is 8.84. The molecule has 13 heteroatoms. The topological polar surface area (TPSA) is 115 Å². The van der Waals surface area contributed by atoms with Crippen molar-refractivity contribution in [1.82, 2.24) is 25.1 Å². The Labute approximate surface area is 264 Å². The molecule has 0 bridgehead atoms. The largest absolute Gasteiger partial charge is 0.496 e. The minimum atomic E-state index is -4.80. The van der Waals surface area contributed by atoms with Gasteiger partial charge < -0.3 is 24.8 Å². The number of alkyl halides is 3. The first kappa shape index (κ1) is 31.3. The van der Waals surface area contributed by atoms with Gasteiger partial charge in [0.1, 0.15) is 23.4 Å². The van der Waals surface area contributed by atoms with Gasteiger partial charge in [-0.3, -0.25) is 4.79 Å². The van der Waals surface area contributed by atoms with Crippen molar-refractivity contribution >= 4 is 11.8 Å². The standard InChI is InChI=1S/C33H35F3N6O4/c1-20-10-13-42(40-20)26-16-22(23-6-4-5-7-27(23)45-3)8-9-24(26)30(33(34,35)36)46-29-17-28(38-21(2)39-29)41-14-11-32(12-15-41)18-25(31(43)44)37-19-32/h4-10,13,16-17,25,30,37H,11-12,14-15,18-19H2,1-3H3,(H,43,44)/t25-,30+/m0/s1. The number of carboxylic acid groups (broad SMARTS) is 1. The van der Waals surface area contributed by atoms with E-state index >= 15 is 0 Å². The number of carbonyl (C=O) groups is 1. The van der Waals surface area contributed by atoms with E-state index in [9.17, 15) is 23.1 Å². The average Bonchev–Trinajstić information content (AvgIpc) is 3.66. The Balaban J connectivity index is 1.32. The third kappa shape index (κ3) is 6.37. The van der Waals surface area contributed by atoms with Crippen molar-refractivity contribution in [1.29, 1.82) is 0 Å². The number of halogens is 3. The van der Waals surface area contributed by atoms with E-state index in [1.54, 1.807) is 51.4 Å². The molecule has 2 aliphatic heterocycles. The maximum absolute atomic E-state index is 14.9. The van der Waals surface area contributed by atoms with Gasteiger partial charge >= 0.3 is 12.1 Å². The molecule has 46 heavy (non-hydrogen) atoms. The molecular formula is C33H35F3N6O4. The van der Waals surface area contributed by atoms with Gasteiger partial charge in [0.2, 0.25) is 12.0 Å². The molecule has 0 unspecified atom stereocenters. The second-order valence-electron chi connectivity index (χ2n) is 12.0. The van der Waals surface area contributed by atoms with E-state index in [2.05, 4.69) is 20.4 Å². The average molecular weight is 637 g/mol. The zero-order chi connectivity index (χ0) is 32.6. The van der Waals surface area contributed by atoms with Crippen molar-refractivity contribution in [3.63, 3.8) is 0 Å². The number of para-hydroxylation sites is 1. The fraction of sp³-hybridized carbons (Fsp3) is 0.394. The summed E-state index contributed by atoms with van der Waals surface area (Å²) in [5.41, 5.74) is 1.96.